The van der Waals surface area contributed by atoms with Crippen LogP contribution in [-0.4, -0.2) is 6.03 Å². The van der Waals surface area contributed by atoms with Crippen LogP contribution in [0.4, 0.5) is 28.0 Å². The Morgan fingerprint density at radius 2 is 1.73 bits per heavy atom. The molecule has 0 atom stereocenters. The van der Waals surface area contributed by atoms with Gasteiger partial charge in [0.25, 0.3) is 0 Å². The number of alkyl halides is 3. The van der Waals surface area contributed by atoms with Gasteiger partial charge in [-0.2, -0.15) is 13.2 Å². The van der Waals surface area contributed by atoms with Gasteiger partial charge in [-0.05, 0) is 35.9 Å². The molecule has 2 amide bonds. The van der Waals surface area contributed by atoms with E-state index in [0.29, 0.717) is 5.56 Å². The minimum absolute atomic E-state index is 0.0337. The molecule has 0 aliphatic rings. The summed E-state index contributed by atoms with van der Waals surface area (Å²) in [6.07, 6.45) is -4.47. The molecule has 0 radical (unpaired) electrons. The van der Waals surface area contributed by atoms with Gasteiger partial charge in [0.1, 0.15) is 5.82 Å². The second kappa shape index (κ2) is 6.46. The number of carbonyl (C=O) groups excluding carboxylic acids is 1. The third-order valence-electron chi connectivity index (χ3n) is 2.81. The van der Waals surface area contributed by atoms with Crippen molar-refractivity contribution in [3.63, 3.8) is 0 Å². The van der Waals surface area contributed by atoms with E-state index in [2.05, 4.69) is 10.6 Å². The lowest BCUT2D eigenvalue weighted by molar-refractivity contribution is -0.137. The van der Waals surface area contributed by atoms with Gasteiger partial charge in [0.05, 0.1) is 5.56 Å². The normalized spacial score (nSPS) is 11.1. The van der Waals surface area contributed by atoms with Crippen molar-refractivity contribution >= 4 is 11.7 Å². The standard InChI is InChI=1S/C15H12F4N2O/c16-12-6-4-10(5-7-12)9-20-14(22)21-13-3-1-2-11(8-13)15(17,18)19/h1-8H,9H2,(H2,20,21,22). The van der Waals surface area contributed by atoms with Gasteiger partial charge in [-0.3, -0.25) is 0 Å². The largest absolute Gasteiger partial charge is 0.416 e. The monoisotopic (exact) mass is 312 g/mol. The fourth-order valence-corrected chi connectivity index (χ4v) is 1.73. The Hall–Kier alpha value is -2.57. The van der Waals surface area contributed by atoms with E-state index in [9.17, 15) is 22.4 Å². The number of amides is 2. The van der Waals surface area contributed by atoms with E-state index >= 15 is 0 Å². The molecule has 0 bridgehead atoms. The Bertz CT molecular complexity index is 653. The Morgan fingerprint density at radius 1 is 1.05 bits per heavy atom. The summed E-state index contributed by atoms with van der Waals surface area (Å²) in [5.74, 6) is -0.392. The van der Waals surface area contributed by atoms with Gasteiger partial charge in [-0.15, -0.1) is 0 Å². The molecule has 0 fully saturated rings. The molecule has 0 aliphatic heterocycles. The third kappa shape index (κ3) is 4.47. The molecule has 2 N–H and O–H groups in total. The molecule has 0 saturated carbocycles. The molecule has 22 heavy (non-hydrogen) atoms. The van der Waals surface area contributed by atoms with Gasteiger partial charge in [-0.1, -0.05) is 18.2 Å². The second-order valence-electron chi connectivity index (χ2n) is 4.51. The number of anilines is 1. The van der Waals surface area contributed by atoms with Gasteiger partial charge in [0.2, 0.25) is 0 Å². The maximum Gasteiger partial charge on any atom is 0.416 e. The number of urea groups is 1. The van der Waals surface area contributed by atoms with Crippen LogP contribution in [0.1, 0.15) is 11.1 Å². The number of nitrogens with one attached hydrogen (secondary N) is 2. The van der Waals surface area contributed by atoms with Crippen LogP contribution in [0, 0.1) is 5.82 Å². The van der Waals surface area contributed by atoms with Crippen molar-refractivity contribution in [2.45, 2.75) is 12.7 Å². The number of benzene rings is 2. The highest BCUT2D eigenvalue weighted by molar-refractivity contribution is 5.89. The fraction of sp³-hybridized carbons (Fsp3) is 0.133. The molecule has 0 heterocycles. The average molecular weight is 312 g/mol. The van der Waals surface area contributed by atoms with Crippen molar-refractivity contribution in [3.05, 3.63) is 65.5 Å². The summed E-state index contributed by atoms with van der Waals surface area (Å²) < 4.78 is 50.4. The maximum absolute atomic E-state index is 12.7. The molecule has 0 aromatic heterocycles. The van der Waals surface area contributed by atoms with Crippen molar-refractivity contribution in [1.82, 2.24) is 5.32 Å². The topological polar surface area (TPSA) is 41.1 Å². The first-order chi connectivity index (χ1) is 10.3. The predicted octanol–water partition coefficient (Wildman–Crippen LogP) is 4.17. The first-order valence-electron chi connectivity index (χ1n) is 6.31. The zero-order chi connectivity index (χ0) is 16.2. The van der Waals surface area contributed by atoms with E-state index < -0.39 is 23.6 Å². The summed E-state index contributed by atoms with van der Waals surface area (Å²) in [5, 5.41) is 4.78. The lowest BCUT2D eigenvalue weighted by Crippen LogP contribution is -2.28. The van der Waals surface area contributed by atoms with Crippen molar-refractivity contribution in [2.75, 3.05) is 5.32 Å². The summed E-state index contributed by atoms with van der Waals surface area (Å²) in [5.41, 5.74) is -0.143. The second-order valence-corrected chi connectivity index (χ2v) is 4.51. The quantitative estimate of drug-likeness (QED) is 0.821. The molecule has 0 saturated heterocycles. The summed E-state index contributed by atoms with van der Waals surface area (Å²) in [7, 11) is 0. The number of hydrogen-bond donors (Lipinski definition) is 2. The van der Waals surface area contributed by atoms with E-state index in [1.807, 2.05) is 0 Å². The van der Waals surface area contributed by atoms with Crippen LogP contribution in [0.15, 0.2) is 48.5 Å². The molecule has 2 aromatic rings. The van der Waals surface area contributed by atoms with Crippen LogP contribution in [0.2, 0.25) is 0 Å². The Kier molecular flexibility index (Phi) is 4.65. The van der Waals surface area contributed by atoms with Crippen molar-refractivity contribution in [2.24, 2.45) is 0 Å². The minimum atomic E-state index is -4.47. The highest BCUT2D eigenvalue weighted by Crippen LogP contribution is 2.30. The van der Waals surface area contributed by atoms with Gasteiger partial charge in [0.15, 0.2) is 0 Å². The fourth-order valence-electron chi connectivity index (χ4n) is 1.73. The first-order valence-corrected chi connectivity index (χ1v) is 6.31. The molecule has 2 rings (SSSR count). The molecule has 3 nitrogen and oxygen atoms in total. The van der Waals surface area contributed by atoms with Crippen molar-refractivity contribution in [3.8, 4) is 0 Å². The van der Waals surface area contributed by atoms with Crippen LogP contribution < -0.4 is 10.6 Å². The van der Waals surface area contributed by atoms with Crippen LogP contribution in [0.3, 0.4) is 0 Å². The SMILES string of the molecule is O=C(NCc1ccc(F)cc1)Nc1cccc(C(F)(F)F)c1. The van der Waals surface area contributed by atoms with Gasteiger partial charge >= 0.3 is 12.2 Å². The Balaban J connectivity index is 1.93. The lowest BCUT2D eigenvalue weighted by Gasteiger charge is -2.10. The van der Waals surface area contributed by atoms with Crippen LogP contribution in [-0.2, 0) is 12.7 Å². The van der Waals surface area contributed by atoms with Gasteiger partial charge in [0, 0.05) is 12.2 Å². The molecule has 7 heteroatoms. The first kappa shape index (κ1) is 15.8. The van der Waals surface area contributed by atoms with E-state index in [0.717, 1.165) is 12.1 Å². The number of rotatable bonds is 3. The molecule has 0 aliphatic carbocycles. The average Bonchev–Trinajstić information content (AvgIpc) is 2.46. The molecule has 0 spiro atoms. The third-order valence-corrected chi connectivity index (χ3v) is 2.81. The lowest BCUT2D eigenvalue weighted by atomic mass is 10.2. The molecule has 0 unspecified atom stereocenters. The summed E-state index contributed by atoms with van der Waals surface area (Å²) >= 11 is 0. The zero-order valence-corrected chi connectivity index (χ0v) is 11.2. The van der Waals surface area contributed by atoms with E-state index in [1.54, 1.807) is 0 Å². The predicted molar refractivity (Wildman–Crippen MR) is 73.7 cm³/mol. The summed E-state index contributed by atoms with van der Waals surface area (Å²) in [4.78, 5) is 11.6. The van der Waals surface area contributed by atoms with Crippen molar-refractivity contribution in [1.29, 1.82) is 0 Å². The van der Waals surface area contributed by atoms with Crippen LogP contribution in [0.5, 0.6) is 0 Å². The van der Waals surface area contributed by atoms with Crippen LogP contribution >= 0.6 is 0 Å². The number of carbonyl (C=O) groups is 1. The van der Waals surface area contributed by atoms with E-state index in [1.165, 1.54) is 36.4 Å². The van der Waals surface area contributed by atoms with Gasteiger partial charge in [-0.25, -0.2) is 9.18 Å². The molecule has 116 valence electrons. The minimum Gasteiger partial charge on any atom is -0.334 e. The summed E-state index contributed by atoms with van der Waals surface area (Å²) in [6, 6.07) is 9.18. The Morgan fingerprint density at radius 3 is 2.36 bits per heavy atom. The highest BCUT2D eigenvalue weighted by Gasteiger charge is 2.30. The molecular formula is C15H12F4N2O. The summed E-state index contributed by atoms with van der Waals surface area (Å²) in [6.45, 7) is 0.130. The highest BCUT2D eigenvalue weighted by atomic mass is 19.4. The molecular weight excluding hydrogens is 300 g/mol. The zero-order valence-electron chi connectivity index (χ0n) is 11.2. The van der Waals surface area contributed by atoms with Crippen LogP contribution in [0.25, 0.3) is 0 Å². The number of halogens is 4. The Labute approximate surface area is 124 Å². The van der Waals surface area contributed by atoms with Gasteiger partial charge < -0.3 is 10.6 Å². The smallest absolute Gasteiger partial charge is 0.334 e. The molecule has 2 aromatic carbocycles. The van der Waals surface area contributed by atoms with E-state index in [-0.39, 0.29) is 12.2 Å². The maximum atomic E-state index is 12.7. The number of hydrogen-bond acceptors (Lipinski definition) is 1. The van der Waals surface area contributed by atoms with Crippen molar-refractivity contribution < 1.29 is 22.4 Å². The van der Waals surface area contributed by atoms with E-state index in [4.69, 9.17) is 0 Å².